The first kappa shape index (κ1) is 17.7. The van der Waals surface area contributed by atoms with Crippen LogP contribution in [0.1, 0.15) is 31.7 Å². The lowest BCUT2D eigenvalue weighted by molar-refractivity contribution is -0.133. The molecule has 0 spiro atoms. The van der Waals surface area contributed by atoms with E-state index >= 15 is 0 Å². The summed E-state index contributed by atoms with van der Waals surface area (Å²) in [5.74, 6) is 1.71. The number of amides is 1. The van der Waals surface area contributed by atoms with E-state index in [0.717, 1.165) is 58.1 Å². The molecule has 2 aliphatic heterocycles. The molecule has 1 amide bonds. The van der Waals surface area contributed by atoms with Gasteiger partial charge in [-0.2, -0.15) is 5.26 Å². The number of carbonyl (C=O) groups is 1. The standard InChI is InChI=1S/C19H27N5O/c1-16-4-3-8-24(15-16)18(25)6-9-22-10-12-23(13-11-22)19-17(14-20)5-2-7-21-19/h2,5,7,16H,3-4,6,8-13,15H2,1H3/t16-/m1/s1. The fraction of sp³-hybridized carbons (Fsp3) is 0.632. The van der Waals surface area contributed by atoms with Gasteiger partial charge in [0, 0.05) is 58.4 Å². The van der Waals surface area contributed by atoms with Crippen LogP contribution in [0.15, 0.2) is 18.3 Å². The molecule has 1 atom stereocenters. The highest BCUT2D eigenvalue weighted by atomic mass is 16.2. The average molecular weight is 341 g/mol. The number of hydrogen-bond donors (Lipinski definition) is 0. The molecular formula is C19H27N5O. The Morgan fingerprint density at radius 3 is 2.84 bits per heavy atom. The molecule has 3 rings (SSSR count). The predicted octanol–water partition coefficient (Wildman–Crippen LogP) is 1.72. The number of rotatable bonds is 4. The van der Waals surface area contributed by atoms with Crippen molar-refractivity contribution in [2.75, 3.05) is 50.7 Å². The third-order valence-corrected chi connectivity index (χ3v) is 5.23. The minimum absolute atomic E-state index is 0.297. The predicted molar refractivity (Wildman–Crippen MR) is 97.2 cm³/mol. The molecule has 3 heterocycles. The number of pyridine rings is 1. The summed E-state index contributed by atoms with van der Waals surface area (Å²) in [7, 11) is 0. The maximum atomic E-state index is 12.4. The summed E-state index contributed by atoms with van der Waals surface area (Å²) < 4.78 is 0. The molecule has 0 aliphatic carbocycles. The fourth-order valence-corrected chi connectivity index (χ4v) is 3.75. The first-order valence-corrected chi connectivity index (χ1v) is 9.27. The van der Waals surface area contributed by atoms with Crippen LogP contribution in [0.3, 0.4) is 0 Å². The molecule has 0 aromatic carbocycles. The second-order valence-electron chi connectivity index (χ2n) is 7.15. The Labute approximate surface area is 150 Å². The lowest BCUT2D eigenvalue weighted by Gasteiger charge is -2.36. The number of aromatic nitrogens is 1. The Hall–Kier alpha value is -2.13. The highest BCUT2D eigenvalue weighted by Gasteiger charge is 2.23. The van der Waals surface area contributed by atoms with E-state index in [1.54, 1.807) is 12.3 Å². The van der Waals surface area contributed by atoms with Crippen LogP contribution >= 0.6 is 0 Å². The van der Waals surface area contributed by atoms with E-state index in [1.165, 1.54) is 6.42 Å². The lowest BCUT2D eigenvalue weighted by Crippen LogP contribution is -2.48. The number of carbonyl (C=O) groups excluding carboxylic acids is 1. The lowest BCUT2D eigenvalue weighted by atomic mass is 10.00. The van der Waals surface area contributed by atoms with Gasteiger partial charge in [0.15, 0.2) is 0 Å². The Morgan fingerprint density at radius 2 is 2.12 bits per heavy atom. The van der Waals surface area contributed by atoms with Crippen LogP contribution in [0.25, 0.3) is 0 Å². The van der Waals surface area contributed by atoms with E-state index in [-0.39, 0.29) is 0 Å². The zero-order chi connectivity index (χ0) is 17.6. The molecule has 0 bridgehead atoms. The van der Waals surface area contributed by atoms with Gasteiger partial charge >= 0.3 is 0 Å². The summed E-state index contributed by atoms with van der Waals surface area (Å²) in [6, 6.07) is 5.83. The van der Waals surface area contributed by atoms with E-state index in [9.17, 15) is 10.1 Å². The van der Waals surface area contributed by atoms with E-state index < -0.39 is 0 Å². The van der Waals surface area contributed by atoms with Crippen molar-refractivity contribution in [2.24, 2.45) is 5.92 Å². The van der Waals surface area contributed by atoms with Crippen molar-refractivity contribution in [3.8, 4) is 6.07 Å². The largest absolute Gasteiger partial charge is 0.353 e. The van der Waals surface area contributed by atoms with E-state index in [2.05, 4.69) is 27.8 Å². The van der Waals surface area contributed by atoms with Gasteiger partial charge in [0.25, 0.3) is 0 Å². The van der Waals surface area contributed by atoms with Crippen LogP contribution in [-0.4, -0.2) is 66.5 Å². The van der Waals surface area contributed by atoms with Crippen LogP contribution in [0.5, 0.6) is 0 Å². The summed E-state index contributed by atoms with van der Waals surface area (Å²) in [4.78, 5) is 23.3. The molecule has 1 aromatic rings. The van der Waals surface area contributed by atoms with Gasteiger partial charge in [-0.3, -0.25) is 9.69 Å². The van der Waals surface area contributed by atoms with Crippen molar-refractivity contribution in [1.82, 2.24) is 14.8 Å². The summed E-state index contributed by atoms with van der Waals surface area (Å²) in [6.07, 6.45) is 4.72. The van der Waals surface area contributed by atoms with Crippen LogP contribution in [0, 0.1) is 17.2 Å². The highest BCUT2D eigenvalue weighted by molar-refractivity contribution is 5.76. The summed E-state index contributed by atoms with van der Waals surface area (Å²) in [6.45, 7) is 8.41. The number of hydrogen-bond acceptors (Lipinski definition) is 5. The van der Waals surface area contributed by atoms with Crippen LogP contribution < -0.4 is 4.90 Å². The topological polar surface area (TPSA) is 63.5 Å². The first-order chi connectivity index (χ1) is 12.2. The SMILES string of the molecule is C[C@@H]1CCCN(C(=O)CCN2CCN(c3ncccc3C#N)CC2)C1. The quantitative estimate of drug-likeness (QED) is 0.834. The second-order valence-corrected chi connectivity index (χ2v) is 7.15. The van der Waals surface area contributed by atoms with Gasteiger partial charge in [-0.1, -0.05) is 6.92 Å². The second kappa shape index (κ2) is 8.30. The molecule has 25 heavy (non-hydrogen) atoms. The number of piperidine rings is 1. The smallest absolute Gasteiger partial charge is 0.223 e. The number of nitriles is 1. The third-order valence-electron chi connectivity index (χ3n) is 5.23. The molecule has 6 heteroatoms. The highest BCUT2D eigenvalue weighted by Crippen LogP contribution is 2.19. The number of likely N-dealkylation sites (tertiary alicyclic amines) is 1. The minimum atomic E-state index is 0.297. The molecule has 0 unspecified atom stereocenters. The fourth-order valence-electron chi connectivity index (χ4n) is 3.75. The van der Waals surface area contributed by atoms with Crippen molar-refractivity contribution < 1.29 is 4.79 Å². The Bertz CT molecular complexity index is 633. The van der Waals surface area contributed by atoms with Crippen molar-refractivity contribution in [3.05, 3.63) is 23.9 Å². The molecule has 2 aliphatic rings. The zero-order valence-corrected chi connectivity index (χ0v) is 15.0. The van der Waals surface area contributed by atoms with Crippen molar-refractivity contribution in [1.29, 1.82) is 5.26 Å². The van der Waals surface area contributed by atoms with Gasteiger partial charge < -0.3 is 9.80 Å². The van der Waals surface area contributed by atoms with Crippen molar-refractivity contribution in [2.45, 2.75) is 26.2 Å². The van der Waals surface area contributed by atoms with Gasteiger partial charge in [0.2, 0.25) is 5.91 Å². The van der Waals surface area contributed by atoms with Crippen molar-refractivity contribution >= 4 is 11.7 Å². The normalized spacial score (nSPS) is 21.8. The molecule has 1 aromatic heterocycles. The van der Waals surface area contributed by atoms with Gasteiger partial charge in [0.1, 0.15) is 11.9 Å². The minimum Gasteiger partial charge on any atom is -0.353 e. The van der Waals surface area contributed by atoms with Crippen molar-refractivity contribution in [3.63, 3.8) is 0 Å². The number of nitrogens with zero attached hydrogens (tertiary/aromatic N) is 5. The number of piperazine rings is 1. The van der Waals surface area contributed by atoms with Crippen LogP contribution in [-0.2, 0) is 4.79 Å². The molecule has 2 fully saturated rings. The van der Waals surface area contributed by atoms with E-state index in [1.807, 2.05) is 11.0 Å². The van der Waals surface area contributed by atoms with Gasteiger partial charge in [-0.05, 0) is 30.9 Å². The number of anilines is 1. The monoisotopic (exact) mass is 341 g/mol. The molecular weight excluding hydrogens is 314 g/mol. The summed E-state index contributed by atoms with van der Waals surface area (Å²) >= 11 is 0. The van der Waals surface area contributed by atoms with E-state index in [0.29, 0.717) is 23.8 Å². The summed E-state index contributed by atoms with van der Waals surface area (Å²) in [5.41, 5.74) is 0.630. The van der Waals surface area contributed by atoms with Crippen LogP contribution in [0.2, 0.25) is 0 Å². The van der Waals surface area contributed by atoms with Gasteiger partial charge in [-0.25, -0.2) is 4.98 Å². The molecule has 6 nitrogen and oxygen atoms in total. The molecule has 0 N–H and O–H groups in total. The maximum absolute atomic E-state index is 12.4. The van der Waals surface area contributed by atoms with E-state index in [4.69, 9.17) is 0 Å². The van der Waals surface area contributed by atoms with Gasteiger partial charge in [0.05, 0.1) is 5.56 Å². The maximum Gasteiger partial charge on any atom is 0.223 e. The summed E-state index contributed by atoms with van der Waals surface area (Å²) in [5, 5.41) is 9.22. The first-order valence-electron chi connectivity index (χ1n) is 9.27. The average Bonchev–Trinajstić information content (AvgIpc) is 2.66. The molecule has 0 radical (unpaired) electrons. The van der Waals surface area contributed by atoms with Crippen LogP contribution in [0.4, 0.5) is 5.82 Å². The Morgan fingerprint density at radius 1 is 1.32 bits per heavy atom. The van der Waals surface area contributed by atoms with Gasteiger partial charge in [-0.15, -0.1) is 0 Å². The Balaban J connectivity index is 1.45. The molecule has 0 saturated carbocycles. The molecule has 134 valence electrons. The third kappa shape index (κ3) is 4.49. The molecule has 2 saturated heterocycles. The Kier molecular flexibility index (Phi) is 5.87. The zero-order valence-electron chi connectivity index (χ0n) is 15.0.